The van der Waals surface area contributed by atoms with E-state index >= 15 is 0 Å². The summed E-state index contributed by atoms with van der Waals surface area (Å²) in [7, 11) is 0. The van der Waals surface area contributed by atoms with Crippen LogP contribution in [-0.4, -0.2) is 19.7 Å². The minimum atomic E-state index is -4.64. The average Bonchev–Trinajstić information content (AvgIpc) is 2.92. The van der Waals surface area contributed by atoms with Crippen molar-refractivity contribution in [2.24, 2.45) is 0 Å². The summed E-state index contributed by atoms with van der Waals surface area (Å²) in [5.41, 5.74) is -1.73. The Kier molecular flexibility index (Phi) is 4.52. The minimum Gasteiger partial charge on any atom is -0.372 e. The number of rotatable bonds is 5. The highest BCUT2D eigenvalue weighted by atomic mass is 19.4. The molecular weight excluding hydrogens is 315 g/mol. The predicted octanol–water partition coefficient (Wildman–Crippen LogP) is 3.40. The third-order valence-electron chi connectivity index (χ3n) is 3.16. The fourth-order valence-electron chi connectivity index (χ4n) is 2.01. The first-order chi connectivity index (χ1) is 10.7. The highest BCUT2D eigenvalue weighted by Crippen LogP contribution is 2.35. The molecule has 0 aliphatic rings. The molecule has 0 amide bonds. The number of aromatic nitrogens is 3. The summed E-state index contributed by atoms with van der Waals surface area (Å²) in [5, 5.41) is 21.4. The fraction of sp³-hybridized carbons (Fsp3) is 0.385. The summed E-state index contributed by atoms with van der Waals surface area (Å²) in [6.45, 7) is 3.92. The number of benzene rings is 1. The lowest BCUT2D eigenvalue weighted by atomic mass is 10.1. The molecule has 7 nitrogen and oxygen atoms in total. The first-order valence-corrected chi connectivity index (χ1v) is 6.68. The summed E-state index contributed by atoms with van der Waals surface area (Å²) in [4.78, 5) is 10.1. The van der Waals surface area contributed by atoms with Gasteiger partial charge in [-0.25, -0.2) is 0 Å². The zero-order valence-corrected chi connectivity index (χ0v) is 12.3. The van der Waals surface area contributed by atoms with Crippen molar-refractivity contribution >= 4 is 11.4 Å². The van der Waals surface area contributed by atoms with E-state index < -0.39 is 22.4 Å². The number of anilines is 1. The van der Waals surface area contributed by atoms with E-state index in [0.29, 0.717) is 11.9 Å². The first kappa shape index (κ1) is 16.7. The molecule has 0 spiro atoms. The Hall–Kier alpha value is -2.65. The van der Waals surface area contributed by atoms with Crippen LogP contribution >= 0.6 is 0 Å². The molecule has 0 aliphatic heterocycles. The largest absolute Gasteiger partial charge is 0.416 e. The Morgan fingerprint density at radius 2 is 2.09 bits per heavy atom. The zero-order chi connectivity index (χ0) is 17.2. The molecule has 10 heteroatoms. The van der Waals surface area contributed by atoms with Crippen LogP contribution in [0.15, 0.2) is 24.5 Å². The van der Waals surface area contributed by atoms with Crippen molar-refractivity contribution in [3.63, 3.8) is 0 Å². The second-order valence-electron chi connectivity index (χ2n) is 5.09. The Labute approximate surface area is 129 Å². The maximum atomic E-state index is 12.6. The average molecular weight is 329 g/mol. The molecule has 1 N–H and O–H groups in total. The van der Waals surface area contributed by atoms with Gasteiger partial charge >= 0.3 is 6.18 Å². The summed E-state index contributed by atoms with van der Waals surface area (Å²) in [6, 6.07) is 2.43. The van der Waals surface area contributed by atoms with Gasteiger partial charge in [-0.05, 0) is 26.0 Å². The summed E-state index contributed by atoms with van der Waals surface area (Å²) in [5.74, 6) is 0.522. The third kappa shape index (κ3) is 3.76. The molecule has 1 aromatic carbocycles. The number of nitrogens with one attached hydrogen (secondary N) is 1. The van der Waals surface area contributed by atoms with Gasteiger partial charge in [0.1, 0.15) is 12.0 Å². The SMILES string of the molecule is CC(C)n1cnnc1CNc1ccc(C(F)(F)F)cc1[N+](=O)[O-]. The van der Waals surface area contributed by atoms with Crippen molar-refractivity contribution in [3.05, 3.63) is 46.0 Å². The van der Waals surface area contributed by atoms with Crippen molar-refractivity contribution in [2.75, 3.05) is 5.32 Å². The maximum Gasteiger partial charge on any atom is 0.416 e. The van der Waals surface area contributed by atoms with Crippen LogP contribution in [0.3, 0.4) is 0 Å². The van der Waals surface area contributed by atoms with Gasteiger partial charge in [-0.15, -0.1) is 10.2 Å². The van der Waals surface area contributed by atoms with Gasteiger partial charge in [-0.1, -0.05) is 0 Å². The van der Waals surface area contributed by atoms with Crippen molar-refractivity contribution in [2.45, 2.75) is 32.6 Å². The first-order valence-electron chi connectivity index (χ1n) is 6.68. The van der Waals surface area contributed by atoms with E-state index in [0.717, 1.165) is 12.1 Å². The molecule has 0 atom stereocenters. The third-order valence-corrected chi connectivity index (χ3v) is 3.16. The van der Waals surface area contributed by atoms with Crippen molar-refractivity contribution < 1.29 is 18.1 Å². The van der Waals surface area contributed by atoms with Crippen LogP contribution in [0.4, 0.5) is 24.5 Å². The van der Waals surface area contributed by atoms with Crippen LogP contribution in [0.1, 0.15) is 31.3 Å². The highest BCUT2D eigenvalue weighted by molar-refractivity contribution is 5.62. The Bertz CT molecular complexity index is 712. The molecule has 124 valence electrons. The van der Waals surface area contributed by atoms with Gasteiger partial charge in [-0.2, -0.15) is 13.2 Å². The Balaban J connectivity index is 2.26. The van der Waals surface area contributed by atoms with Gasteiger partial charge in [0.25, 0.3) is 5.69 Å². The maximum absolute atomic E-state index is 12.6. The fourth-order valence-corrected chi connectivity index (χ4v) is 2.01. The van der Waals surface area contributed by atoms with Gasteiger partial charge in [0.15, 0.2) is 5.82 Å². The molecule has 1 aromatic heterocycles. The molecule has 0 radical (unpaired) electrons. The lowest BCUT2D eigenvalue weighted by Gasteiger charge is -2.12. The molecule has 0 saturated heterocycles. The molecule has 0 aliphatic carbocycles. The molecule has 23 heavy (non-hydrogen) atoms. The topological polar surface area (TPSA) is 85.9 Å². The standard InChI is InChI=1S/C13H14F3N5O2/c1-8(2)20-7-18-19-12(20)6-17-10-4-3-9(13(14,15)16)5-11(10)21(22)23/h3-5,7-8,17H,6H2,1-2H3. The zero-order valence-electron chi connectivity index (χ0n) is 12.3. The number of halogens is 3. The van der Waals surface area contributed by atoms with Gasteiger partial charge < -0.3 is 9.88 Å². The van der Waals surface area contributed by atoms with Crippen LogP contribution in [0.5, 0.6) is 0 Å². The highest BCUT2D eigenvalue weighted by Gasteiger charge is 2.33. The monoisotopic (exact) mass is 329 g/mol. The van der Waals surface area contributed by atoms with Gasteiger partial charge in [0, 0.05) is 12.1 Å². The molecular formula is C13H14F3N5O2. The van der Waals surface area contributed by atoms with Gasteiger partial charge in [0.2, 0.25) is 0 Å². The Morgan fingerprint density at radius 3 is 2.65 bits per heavy atom. The van der Waals surface area contributed by atoms with E-state index in [1.807, 2.05) is 13.8 Å². The molecule has 0 saturated carbocycles. The van der Waals surface area contributed by atoms with Crippen LogP contribution in [0.25, 0.3) is 0 Å². The molecule has 0 fully saturated rings. The van der Waals surface area contributed by atoms with Gasteiger partial charge in [0.05, 0.1) is 17.0 Å². The molecule has 0 unspecified atom stereocenters. The Morgan fingerprint density at radius 1 is 1.39 bits per heavy atom. The van der Waals surface area contributed by atoms with Crippen LogP contribution in [-0.2, 0) is 12.7 Å². The summed E-state index contributed by atoms with van der Waals surface area (Å²) < 4.78 is 39.7. The summed E-state index contributed by atoms with van der Waals surface area (Å²) in [6.07, 6.45) is -3.12. The lowest BCUT2D eigenvalue weighted by Crippen LogP contribution is -2.12. The molecule has 1 heterocycles. The summed E-state index contributed by atoms with van der Waals surface area (Å²) >= 11 is 0. The van der Waals surface area contributed by atoms with Gasteiger partial charge in [-0.3, -0.25) is 10.1 Å². The van der Waals surface area contributed by atoms with Crippen molar-refractivity contribution in [3.8, 4) is 0 Å². The van der Waals surface area contributed by atoms with E-state index in [1.54, 1.807) is 4.57 Å². The van der Waals surface area contributed by atoms with Crippen LogP contribution < -0.4 is 5.32 Å². The van der Waals surface area contributed by atoms with Crippen LogP contribution in [0, 0.1) is 10.1 Å². The normalized spacial score (nSPS) is 11.7. The van der Waals surface area contributed by atoms with E-state index in [2.05, 4.69) is 15.5 Å². The van der Waals surface area contributed by atoms with E-state index in [4.69, 9.17) is 0 Å². The van der Waals surface area contributed by atoms with Crippen molar-refractivity contribution in [1.29, 1.82) is 0 Å². The number of nitro benzene ring substituents is 1. The second kappa shape index (κ2) is 6.23. The van der Waals surface area contributed by atoms with E-state index in [-0.39, 0.29) is 18.3 Å². The molecule has 0 bridgehead atoms. The minimum absolute atomic E-state index is 0.0127. The van der Waals surface area contributed by atoms with Crippen molar-refractivity contribution in [1.82, 2.24) is 14.8 Å². The number of nitrogens with zero attached hydrogens (tertiary/aromatic N) is 4. The van der Waals surface area contributed by atoms with E-state index in [1.165, 1.54) is 6.33 Å². The second-order valence-corrected chi connectivity index (χ2v) is 5.09. The number of hydrogen-bond acceptors (Lipinski definition) is 5. The number of hydrogen-bond donors (Lipinski definition) is 1. The van der Waals surface area contributed by atoms with Crippen LogP contribution in [0.2, 0.25) is 0 Å². The number of nitro groups is 1. The smallest absolute Gasteiger partial charge is 0.372 e. The lowest BCUT2D eigenvalue weighted by molar-refractivity contribution is -0.384. The quantitative estimate of drug-likeness (QED) is 0.671. The predicted molar refractivity (Wildman–Crippen MR) is 75.8 cm³/mol. The molecule has 2 aromatic rings. The molecule has 2 rings (SSSR count). The van der Waals surface area contributed by atoms with E-state index in [9.17, 15) is 23.3 Å². The number of alkyl halides is 3.